The van der Waals surface area contributed by atoms with Gasteiger partial charge in [-0.3, -0.25) is 0 Å². The number of fused-ring (bicyclic) bond motifs is 5. The van der Waals surface area contributed by atoms with E-state index < -0.39 is 0 Å². The van der Waals surface area contributed by atoms with Gasteiger partial charge in [0.1, 0.15) is 18.0 Å². The van der Waals surface area contributed by atoms with Crippen LogP contribution in [-0.2, 0) is 0 Å². The molecule has 3 fully saturated rings. The largest absolute Gasteiger partial charge is 0.370 e. The summed E-state index contributed by atoms with van der Waals surface area (Å²) < 4.78 is 0. The fourth-order valence-electron chi connectivity index (χ4n) is 4.40. The zero-order valence-electron chi connectivity index (χ0n) is 10.8. The number of hydrogen-bond acceptors (Lipinski definition) is 4. The van der Waals surface area contributed by atoms with Crippen molar-refractivity contribution >= 4 is 11.6 Å². The van der Waals surface area contributed by atoms with Crippen molar-refractivity contribution < 1.29 is 0 Å². The fraction of sp³-hybridized carbons (Fsp3) is 0.714. The van der Waals surface area contributed by atoms with Crippen molar-refractivity contribution in [1.82, 2.24) is 9.97 Å². The Balaban J connectivity index is 1.45. The van der Waals surface area contributed by atoms with Crippen LogP contribution in [0.4, 0.5) is 11.6 Å². The molecule has 0 spiro atoms. The molecule has 18 heavy (non-hydrogen) atoms. The molecule has 1 heterocycles. The first-order chi connectivity index (χ1) is 8.86. The van der Waals surface area contributed by atoms with Crippen molar-refractivity contribution in [3.8, 4) is 0 Å². The number of nitrogens with zero attached hydrogens (tertiary/aromatic N) is 2. The highest BCUT2D eigenvalue weighted by Gasteiger charge is 2.65. The molecule has 0 aromatic carbocycles. The van der Waals surface area contributed by atoms with E-state index in [1.165, 1.54) is 19.3 Å². The highest BCUT2D eigenvalue weighted by atomic mass is 15.1. The number of rotatable bonds is 4. The van der Waals surface area contributed by atoms with Crippen LogP contribution in [0.1, 0.15) is 26.2 Å². The van der Waals surface area contributed by atoms with Crippen molar-refractivity contribution in [1.29, 1.82) is 0 Å². The summed E-state index contributed by atoms with van der Waals surface area (Å²) in [4.78, 5) is 8.55. The normalized spacial score (nSPS) is 39.5. The fourth-order valence-corrected chi connectivity index (χ4v) is 4.40. The third kappa shape index (κ3) is 1.51. The Kier molecular flexibility index (Phi) is 2.26. The highest BCUT2D eigenvalue weighted by Crippen LogP contribution is 2.66. The highest BCUT2D eigenvalue weighted by molar-refractivity contribution is 5.48. The first-order valence-electron chi connectivity index (χ1n) is 7.19. The molecule has 4 rings (SSSR count). The van der Waals surface area contributed by atoms with E-state index in [0.717, 1.165) is 41.9 Å². The monoisotopic (exact) mass is 244 g/mol. The Morgan fingerprint density at radius 2 is 1.89 bits per heavy atom. The van der Waals surface area contributed by atoms with Gasteiger partial charge in [-0.15, -0.1) is 0 Å². The Hall–Kier alpha value is -1.32. The molecule has 0 aliphatic heterocycles. The molecule has 4 unspecified atom stereocenters. The van der Waals surface area contributed by atoms with Gasteiger partial charge in [-0.25, -0.2) is 9.97 Å². The average molecular weight is 244 g/mol. The van der Waals surface area contributed by atoms with Gasteiger partial charge in [0, 0.05) is 18.7 Å². The van der Waals surface area contributed by atoms with Crippen LogP contribution < -0.4 is 10.6 Å². The van der Waals surface area contributed by atoms with Crippen LogP contribution in [0.15, 0.2) is 12.4 Å². The standard InChI is InChI=1S/C14H20N4/c1-2-15-10-6-11(17-7-16-10)18-14-12-8-3-4-9(5-8)13(12)14/h6-9,12-14H,2-5H2,1H3,(H2,15,16,17,18). The molecule has 4 atom stereocenters. The Morgan fingerprint density at radius 3 is 2.61 bits per heavy atom. The van der Waals surface area contributed by atoms with E-state index in [1.54, 1.807) is 6.33 Å². The van der Waals surface area contributed by atoms with Crippen LogP contribution in [0.5, 0.6) is 0 Å². The minimum Gasteiger partial charge on any atom is -0.370 e. The van der Waals surface area contributed by atoms with E-state index in [2.05, 4.69) is 27.5 Å². The summed E-state index contributed by atoms with van der Waals surface area (Å²) in [5.41, 5.74) is 0. The van der Waals surface area contributed by atoms with Crippen LogP contribution in [-0.4, -0.2) is 22.6 Å². The van der Waals surface area contributed by atoms with Crippen LogP contribution in [0, 0.1) is 23.7 Å². The van der Waals surface area contributed by atoms with Crippen molar-refractivity contribution in [3.63, 3.8) is 0 Å². The topological polar surface area (TPSA) is 49.8 Å². The van der Waals surface area contributed by atoms with E-state index in [1.807, 2.05) is 6.07 Å². The lowest BCUT2D eigenvalue weighted by molar-refractivity contribution is 0.456. The zero-order chi connectivity index (χ0) is 12.1. The van der Waals surface area contributed by atoms with Gasteiger partial charge in [0.05, 0.1) is 0 Å². The predicted molar refractivity (Wildman–Crippen MR) is 71.4 cm³/mol. The SMILES string of the molecule is CCNc1cc(NC2C3C4CCC(C4)C23)ncn1. The second-order valence-corrected chi connectivity index (χ2v) is 5.98. The van der Waals surface area contributed by atoms with Crippen molar-refractivity contribution in [2.24, 2.45) is 23.7 Å². The molecule has 2 N–H and O–H groups in total. The minimum absolute atomic E-state index is 0.695. The van der Waals surface area contributed by atoms with E-state index in [4.69, 9.17) is 0 Å². The van der Waals surface area contributed by atoms with Gasteiger partial charge in [0.25, 0.3) is 0 Å². The molecule has 0 saturated heterocycles. The van der Waals surface area contributed by atoms with E-state index in [0.29, 0.717) is 6.04 Å². The second kappa shape index (κ2) is 3.84. The summed E-state index contributed by atoms with van der Waals surface area (Å²) in [7, 11) is 0. The van der Waals surface area contributed by atoms with Crippen molar-refractivity contribution in [2.75, 3.05) is 17.2 Å². The molecule has 1 aromatic heterocycles. The van der Waals surface area contributed by atoms with Crippen molar-refractivity contribution in [3.05, 3.63) is 12.4 Å². The zero-order valence-corrected chi connectivity index (χ0v) is 10.8. The lowest BCUT2D eigenvalue weighted by Crippen LogP contribution is -2.14. The first kappa shape index (κ1) is 10.6. The molecule has 3 saturated carbocycles. The molecule has 3 aliphatic carbocycles. The summed E-state index contributed by atoms with van der Waals surface area (Å²) in [6.07, 6.45) is 6.08. The Morgan fingerprint density at radius 1 is 1.17 bits per heavy atom. The Labute approximate surface area is 108 Å². The van der Waals surface area contributed by atoms with Crippen molar-refractivity contribution in [2.45, 2.75) is 32.2 Å². The van der Waals surface area contributed by atoms with Gasteiger partial charge in [-0.2, -0.15) is 0 Å². The van der Waals surface area contributed by atoms with Crippen LogP contribution in [0.25, 0.3) is 0 Å². The predicted octanol–water partition coefficient (Wildman–Crippen LogP) is 2.36. The summed E-state index contributed by atoms with van der Waals surface area (Å²) >= 11 is 0. The van der Waals surface area contributed by atoms with Gasteiger partial charge in [-0.1, -0.05) is 0 Å². The van der Waals surface area contributed by atoms with Gasteiger partial charge >= 0.3 is 0 Å². The maximum atomic E-state index is 4.34. The molecule has 96 valence electrons. The van der Waals surface area contributed by atoms with Crippen LogP contribution in [0.3, 0.4) is 0 Å². The third-order valence-corrected chi connectivity index (χ3v) is 5.07. The number of nitrogens with one attached hydrogen (secondary N) is 2. The summed E-state index contributed by atoms with van der Waals surface area (Å²) in [6, 6.07) is 2.72. The quantitative estimate of drug-likeness (QED) is 0.853. The van der Waals surface area contributed by atoms with Gasteiger partial charge < -0.3 is 10.6 Å². The van der Waals surface area contributed by atoms with Gasteiger partial charge in [0.2, 0.25) is 0 Å². The van der Waals surface area contributed by atoms with Crippen LogP contribution >= 0.6 is 0 Å². The number of anilines is 2. The molecule has 4 nitrogen and oxygen atoms in total. The second-order valence-electron chi connectivity index (χ2n) is 5.98. The number of hydrogen-bond donors (Lipinski definition) is 2. The molecule has 4 heteroatoms. The summed E-state index contributed by atoms with van der Waals surface area (Å²) in [5, 5.41) is 6.86. The lowest BCUT2D eigenvalue weighted by Gasteiger charge is -2.11. The molecular formula is C14H20N4. The summed E-state index contributed by atoms with van der Waals surface area (Å²) in [6.45, 7) is 2.98. The average Bonchev–Trinajstić information content (AvgIpc) is 2.79. The lowest BCUT2D eigenvalue weighted by atomic mass is 10.0. The van der Waals surface area contributed by atoms with Gasteiger partial charge in [-0.05, 0) is 49.9 Å². The maximum Gasteiger partial charge on any atom is 0.131 e. The molecule has 0 radical (unpaired) electrons. The van der Waals surface area contributed by atoms with Gasteiger partial charge in [0.15, 0.2) is 0 Å². The minimum atomic E-state index is 0.695. The molecule has 2 bridgehead atoms. The molecule has 3 aliphatic rings. The molecular weight excluding hydrogens is 224 g/mol. The van der Waals surface area contributed by atoms with E-state index >= 15 is 0 Å². The molecule has 0 amide bonds. The first-order valence-corrected chi connectivity index (χ1v) is 7.19. The third-order valence-electron chi connectivity index (χ3n) is 5.07. The number of aromatic nitrogens is 2. The van der Waals surface area contributed by atoms with E-state index in [9.17, 15) is 0 Å². The maximum absolute atomic E-state index is 4.34. The molecule has 1 aromatic rings. The Bertz CT molecular complexity index is 445. The summed E-state index contributed by atoms with van der Waals surface area (Å²) in [5.74, 6) is 5.81. The van der Waals surface area contributed by atoms with Crippen LogP contribution in [0.2, 0.25) is 0 Å². The van der Waals surface area contributed by atoms with E-state index in [-0.39, 0.29) is 0 Å². The smallest absolute Gasteiger partial charge is 0.131 e.